The number of rotatable bonds is 3. The molecule has 3 N–H and O–H groups in total. The fourth-order valence-corrected chi connectivity index (χ4v) is 1.79. The Kier molecular flexibility index (Phi) is 4.24. The highest BCUT2D eigenvalue weighted by Gasteiger charge is 2.35. The van der Waals surface area contributed by atoms with E-state index >= 15 is 0 Å². The third-order valence-electron chi connectivity index (χ3n) is 2.88. The summed E-state index contributed by atoms with van der Waals surface area (Å²) in [5.74, 6) is -0.892. The maximum atomic E-state index is 12.6. The minimum Gasteiger partial charge on any atom is -0.423 e. The van der Waals surface area contributed by atoms with Gasteiger partial charge >= 0.3 is 13.3 Å². The zero-order valence-electron chi connectivity index (χ0n) is 11.3. The fourth-order valence-electron chi connectivity index (χ4n) is 1.79. The zero-order valence-corrected chi connectivity index (χ0v) is 11.3. The van der Waals surface area contributed by atoms with Gasteiger partial charge in [0.1, 0.15) is 5.69 Å². The van der Waals surface area contributed by atoms with Crippen molar-refractivity contribution in [2.75, 3.05) is 5.32 Å². The summed E-state index contributed by atoms with van der Waals surface area (Å²) in [7, 11) is -0.544. The summed E-state index contributed by atoms with van der Waals surface area (Å²) in [4.78, 5) is 11.9. The Labute approximate surface area is 123 Å². The maximum absolute atomic E-state index is 12.6. The van der Waals surface area contributed by atoms with Crippen molar-refractivity contribution in [2.24, 2.45) is 7.05 Å². The number of amides is 1. The first-order valence-corrected chi connectivity index (χ1v) is 6.07. The molecule has 1 aromatic carbocycles. The second kappa shape index (κ2) is 5.81. The summed E-state index contributed by atoms with van der Waals surface area (Å²) in [5.41, 5.74) is -0.654. The zero-order chi connectivity index (χ0) is 16.5. The Morgan fingerprint density at radius 1 is 1.27 bits per heavy atom. The molecule has 1 heterocycles. The van der Waals surface area contributed by atoms with Gasteiger partial charge in [0.05, 0.1) is 0 Å². The molecule has 0 radical (unpaired) electrons. The van der Waals surface area contributed by atoms with Gasteiger partial charge in [-0.2, -0.15) is 18.3 Å². The number of benzene rings is 1. The molecule has 0 fully saturated rings. The molecule has 0 saturated carbocycles. The van der Waals surface area contributed by atoms with Crippen LogP contribution in [-0.2, 0) is 13.2 Å². The molecule has 0 aliphatic rings. The lowest BCUT2D eigenvalue weighted by atomic mass is 9.80. The molecule has 0 saturated heterocycles. The van der Waals surface area contributed by atoms with Crippen molar-refractivity contribution in [1.82, 2.24) is 9.78 Å². The standard InChI is InChI=1S/C12H11BF3N3O3/c1-19-9(12(14,15)16)6-10(18-19)17-11(20)7-2-4-8(5-3-7)13(21)22/h2-6,21-22H,1H3,(H,17,18,20). The van der Waals surface area contributed by atoms with Gasteiger partial charge in [0.2, 0.25) is 0 Å². The highest BCUT2D eigenvalue weighted by atomic mass is 19.4. The number of nitrogens with one attached hydrogen (secondary N) is 1. The molecule has 2 aromatic rings. The Hall–Kier alpha value is -2.33. The molecule has 0 spiro atoms. The molecule has 0 unspecified atom stereocenters. The van der Waals surface area contributed by atoms with Gasteiger partial charge in [-0.15, -0.1) is 0 Å². The van der Waals surface area contributed by atoms with E-state index in [9.17, 15) is 18.0 Å². The third kappa shape index (κ3) is 3.46. The Balaban J connectivity index is 2.15. The Bertz CT molecular complexity index is 683. The van der Waals surface area contributed by atoms with Crippen LogP contribution in [-0.4, -0.2) is 32.9 Å². The molecule has 0 aliphatic carbocycles. The van der Waals surface area contributed by atoms with E-state index in [2.05, 4.69) is 10.4 Å². The third-order valence-corrected chi connectivity index (χ3v) is 2.88. The average Bonchev–Trinajstić information content (AvgIpc) is 2.79. The number of alkyl halides is 3. The lowest BCUT2D eigenvalue weighted by Gasteiger charge is -2.04. The second-order valence-electron chi connectivity index (χ2n) is 4.49. The monoisotopic (exact) mass is 313 g/mol. The molecule has 1 aromatic heterocycles. The SMILES string of the molecule is Cn1nc(NC(=O)c2ccc(B(O)O)cc2)cc1C(F)(F)F. The summed E-state index contributed by atoms with van der Waals surface area (Å²) in [6, 6.07) is 6.00. The van der Waals surface area contributed by atoms with Crippen molar-refractivity contribution >= 4 is 24.3 Å². The van der Waals surface area contributed by atoms with Crippen LogP contribution in [0.1, 0.15) is 16.1 Å². The number of aromatic nitrogens is 2. The van der Waals surface area contributed by atoms with Crippen LogP contribution in [0.5, 0.6) is 0 Å². The number of halogens is 3. The summed E-state index contributed by atoms with van der Waals surface area (Å²) >= 11 is 0. The first-order chi connectivity index (χ1) is 10.2. The smallest absolute Gasteiger partial charge is 0.423 e. The number of hydrogen-bond acceptors (Lipinski definition) is 4. The number of carbonyl (C=O) groups excluding carboxylic acids is 1. The first kappa shape index (κ1) is 16.1. The lowest BCUT2D eigenvalue weighted by Crippen LogP contribution is -2.29. The van der Waals surface area contributed by atoms with Crippen LogP contribution in [0.3, 0.4) is 0 Å². The van der Waals surface area contributed by atoms with Gasteiger partial charge in [-0.05, 0) is 17.6 Å². The normalized spacial score (nSPS) is 11.4. The van der Waals surface area contributed by atoms with Crippen molar-refractivity contribution in [3.63, 3.8) is 0 Å². The van der Waals surface area contributed by atoms with E-state index in [0.29, 0.717) is 4.68 Å². The van der Waals surface area contributed by atoms with Crippen LogP contribution in [0.2, 0.25) is 0 Å². The van der Waals surface area contributed by atoms with Crippen molar-refractivity contribution in [2.45, 2.75) is 6.18 Å². The van der Waals surface area contributed by atoms with E-state index in [-0.39, 0.29) is 16.8 Å². The van der Waals surface area contributed by atoms with Crippen LogP contribution >= 0.6 is 0 Å². The highest BCUT2D eigenvalue weighted by Crippen LogP contribution is 2.30. The summed E-state index contributed by atoms with van der Waals surface area (Å²) < 4.78 is 38.5. The van der Waals surface area contributed by atoms with Gasteiger partial charge in [-0.3, -0.25) is 9.48 Å². The number of aryl methyl sites for hydroxylation is 1. The number of carbonyl (C=O) groups is 1. The van der Waals surface area contributed by atoms with Crippen molar-refractivity contribution in [1.29, 1.82) is 0 Å². The van der Waals surface area contributed by atoms with Crippen LogP contribution in [0, 0.1) is 0 Å². The van der Waals surface area contributed by atoms with E-state index in [4.69, 9.17) is 10.0 Å². The van der Waals surface area contributed by atoms with Gasteiger partial charge in [0.25, 0.3) is 5.91 Å². The van der Waals surface area contributed by atoms with E-state index in [0.717, 1.165) is 13.1 Å². The minimum absolute atomic E-state index is 0.142. The first-order valence-electron chi connectivity index (χ1n) is 6.07. The number of anilines is 1. The predicted octanol–water partition coefficient (Wildman–Crippen LogP) is 0.371. The molecular weight excluding hydrogens is 302 g/mol. The summed E-state index contributed by atoms with van der Waals surface area (Å²) in [6.07, 6.45) is -4.57. The number of nitrogens with zero attached hydrogens (tertiary/aromatic N) is 2. The molecule has 1 amide bonds. The predicted molar refractivity (Wildman–Crippen MR) is 72.4 cm³/mol. The largest absolute Gasteiger partial charge is 0.488 e. The highest BCUT2D eigenvalue weighted by molar-refractivity contribution is 6.58. The summed E-state index contributed by atoms with van der Waals surface area (Å²) in [6.45, 7) is 0. The molecule has 0 bridgehead atoms. The van der Waals surface area contributed by atoms with E-state index in [1.54, 1.807) is 0 Å². The van der Waals surface area contributed by atoms with Gasteiger partial charge in [0.15, 0.2) is 5.82 Å². The van der Waals surface area contributed by atoms with Crippen LogP contribution < -0.4 is 10.8 Å². The quantitative estimate of drug-likeness (QED) is 0.715. The van der Waals surface area contributed by atoms with Gasteiger partial charge in [-0.1, -0.05) is 12.1 Å². The molecular formula is C12H11BF3N3O3. The van der Waals surface area contributed by atoms with E-state index in [1.807, 2.05) is 0 Å². The molecule has 22 heavy (non-hydrogen) atoms. The lowest BCUT2D eigenvalue weighted by molar-refractivity contribution is -0.143. The second-order valence-corrected chi connectivity index (χ2v) is 4.49. The van der Waals surface area contributed by atoms with Gasteiger partial charge < -0.3 is 15.4 Å². The molecule has 6 nitrogen and oxygen atoms in total. The Morgan fingerprint density at radius 2 is 1.86 bits per heavy atom. The van der Waals surface area contributed by atoms with Crippen LogP contribution in [0.4, 0.5) is 19.0 Å². The molecule has 0 atom stereocenters. The van der Waals surface area contributed by atoms with E-state index in [1.165, 1.54) is 24.3 Å². The Morgan fingerprint density at radius 3 is 2.32 bits per heavy atom. The van der Waals surface area contributed by atoms with E-state index < -0.39 is 24.9 Å². The topological polar surface area (TPSA) is 87.4 Å². The van der Waals surface area contributed by atoms with Crippen molar-refractivity contribution in [3.05, 3.63) is 41.6 Å². The molecule has 116 valence electrons. The van der Waals surface area contributed by atoms with Crippen molar-refractivity contribution in [3.8, 4) is 0 Å². The molecule has 2 rings (SSSR count). The van der Waals surface area contributed by atoms with Crippen molar-refractivity contribution < 1.29 is 28.0 Å². The average molecular weight is 313 g/mol. The van der Waals surface area contributed by atoms with Crippen LogP contribution in [0.15, 0.2) is 30.3 Å². The van der Waals surface area contributed by atoms with Gasteiger partial charge in [0, 0.05) is 18.7 Å². The van der Waals surface area contributed by atoms with Crippen LogP contribution in [0.25, 0.3) is 0 Å². The minimum atomic E-state index is -4.57. The fraction of sp³-hybridized carbons (Fsp3) is 0.167. The molecule has 10 heteroatoms. The summed E-state index contributed by atoms with van der Waals surface area (Å²) in [5, 5.41) is 23.7. The number of hydrogen-bond donors (Lipinski definition) is 3. The molecule has 0 aliphatic heterocycles. The maximum Gasteiger partial charge on any atom is 0.488 e. The van der Waals surface area contributed by atoms with Gasteiger partial charge in [-0.25, -0.2) is 0 Å².